The Morgan fingerprint density at radius 1 is 0.800 bits per heavy atom. The molecule has 0 aliphatic heterocycles. The number of nitrogens with zero attached hydrogens (tertiary/aromatic N) is 1. The summed E-state index contributed by atoms with van der Waals surface area (Å²) in [6, 6.07) is 30.0. The van der Waals surface area contributed by atoms with Crippen molar-refractivity contribution < 1.29 is 19.0 Å². The Labute approximate surface area is 250 Å². The van der Waals surface area contributed by atoms with Crippen LogP contribution < -0.4 is 19.5 Å². The van der Waals surface area contributed by atoms with Gasteiger partial charge in [0, 0.05) is 14.6 Å². The van der Waals surface area contributed by atoms with Crippen LogP contribution in [0.5, 0.6) is 17.2 Å². The van der Waals surface area contributed by atoms with E-state index in [1.54, 1.807) is 42.5 Å². The van der Waals surface area contributed by atoms with E-state index in [0.29, 0.717) is 48.3 Å². The van der Waals surface area contributed by atoms with Crippen molar-refractivity contribution in [3.8, 4) is 23.3 Å². The summed E-state index contributed by atoms with van der Waals surface area (Å²) < 4.78 is 19.5. The fraction of sp³-hybridized carbons (Fsp3) is 0.125. The molecular weight excluding hydrogens is 636 g/mol. The van der Waals surface area contributed by atoms with Gasteiger partial charge < -0.3 is 19.5 Å². The lowest BCUT2D eigenvalue weighted by atomic mass is 10.1. The third-order valence-electron chi connectivity index (χ3n) is 5.68. The molecule has 40 heavy (non-hydrogen) atoms. The van der Waals surface area contributed by atoms with E-state index in [4.69, 9.17) is 14.2 Å². The molecule has 0 radical (unpaired) electrons. The number of nitrogens with one attached hydrogen (secondary N) is 1. The van der Waals surface area contributed by atoms with E-state index in [-0.39, 0.29) is 5.57 Å². The largest absolute Gasteiger partial charge is 0.490 e. The number of ether oxygens (including phenoxy) is 3. The first-order valence-corrected chi connectivity index (χ1v) is 14.1. The molecular formula is C32H26Br2N2O4. The summed E-state index contributed by atoms with van der Waals surface area (Å²) >= 11 is 6.85. The molecule has 4 rings (SSSR count). The highest BCUT2D eigenvalue weighted by Crippen LogP contribution is 2.30. The van der Waals surface area contributed by atoms with Gasteiger partial charge in [0.15, 0.2) is 11.5 Å². The summed E-state index contributed by atoms with van der Waals surface area (Å²) in [5.74, 6) is 1.26. The Morgan fingerprint density at radius 3 is 1.98 bits per heavy atom. The van der Waals surface area contributed by atoms with Gasteiger partial charge in [-0.25, -0.2) is 0 Å². The molecule has 8 heteroatoms. The third kappa shape index (κ3) is 8.47. The van der Waals surface area contributed by atoms with Crippen LogP contribution in [0, 0.1) is 11.3 Å². The van der Waals surface area contributed by atoms with Crippen LogP contribution in [-0.2, 0) is 18.0 Å². The molecule has 202 valence electrons. The predicted molar refractivity (Wildman–Crippen MR) is 163 cm³/mol. The van der Waals surface area contributed by atoms with Gasteiger partial charge in [0.25, 0.3) is 5.91 Å². The van der Waals surface area contributed by atoms with Crippen LogP contribution in [0.25, 0.3) is 6.08 Å². The molecule has 0 spiro atoms. The summed E-state index contributed by atoms with van der Waals surface area (Å²) in [4.78, 5) is 12.8. The molecule has 4 aromatic rings. The number of benzene rings is 4. The van der Waals surface area contributed by atoms with E-state index in [9.17, 15) is 10.1 Å². The molecule has 0 bridgehead atoms. The van der Waals surface area contributed by atoms with Crippen molar-refractivity contribution in [2.24, 2.45) is 0 Å². The van der Waals surface area contributed by atoms with Crippen molar-refractivity contribution >= 4 is 49.5 Å². The molecule has 0 heterocycles. The van der Waals surface area contributed by atoms with Crippen LogP contribution in [-0.4, -0.2) is 12.5 Å². The fourth-order valence-corrected chi connectivity index (χ4v) is 4.17. The Hall–Kier alpha value is -4.06. The standard InChI is InChI=1S/C32H26Br2N2O4/c1-2-38-31-18-24(7-16-30(31)40-21-23-5-10-27(34)11-6-23)17-25(19-35)32(37)36-28-12-14-29(15-13-28)39-20-22-3-8-26(33)9-4-22/h3-18H,2,20-21H2,1H3,(H,36,37)/b25-17+. The Balaban J connectivity index is 1.39. The molecule has 0 fully saturated rings. The van der Waals surface area contributed by atoms with Crippen molar-refractivity contribution in [1.82, 2.24) is 0 Å². The average Bonchev–Trinajstić information content (AvgIpc) is 2.97. The van der Waals surface area contributed by atoms with Gasteiger partial charge >= 0.3 is 0 Å². The van der Waals surface area contributed by atoms with Gasteiger partial charge in [0.05, 0.1) is 6.61 Å². The monoisotopic (exact) mass is 660 g/mol. The van der Waals surface area contributed by atoms with Crippen molar-refractivity contribution in [3.05, 3.63) is 122 Å². The van der Waals surface area contributed by atoms with Gasteiger partial charge in [-0.3, -0.25) is 4.79 Å². The molecule has 0 saturated carbocycles. The average molecular weight is 662 g/mol. The van der Waals surface area contributed by atoms with Crippen molar-refractivity contribution in [3.63, 3.8) is 0 Å². The summed E-state index contributed by atoms with van der Waals surface area (Å²) in [6.45, 7) is 3.13. The molecule has 0 saturated heterocycles. The molecule has 1 N–H and O–H groups in total. The predicted octanol–water partition coefficient (Wildman–Crippen LogP) is 8.31. The lowest BCUT2D eigenvalue weighted by Gasteiger charge is -2.13. The van der Waals surface area contributed by atoms with Gasteiger partial charge in [-0.2, -0.15) is 5.26 Å². The maximum Gasteiger partial charge on any atom is 0.266 e. The molecule has 1 amide bonds. The van der Waals surface area contributed by atoms with Gasteiger partial charge in [-0.15, -0.1) is 0 Å². The quantitative estimate of drug-likeness (QED) is 0.129. The number of carbonyl (C=O) groups excluding carboxylic acids is 1. The first kappa shape index (κ1) is 28.9. The highest BCUT2D eigenvalue weighted by atomic mass is 79.9. The number of carbonyl (C=O) groups is 1. The highest BCUT2D eigenvalue weighted by molar-refractivity contribution is 9.10. The first-order valence-electron chi connectivity index (χ1n) is 12.5. The zero-order valence-corrected chi connectivity index (χ0v) is 24.9. The normalized spacial score (nSPS) is 10.9. The summed E-state index contributed by atoms with van der Waals surface area (Å²) in [6.07, 6.45) is 1.52. The molecule has 0 aliphatic rings. The summed E-state index contributed by atoms with van der Waals surface area (Å²) in [7, 11) is 0. The number of hydrogen-bond acceptors (Lipinski definition) is 5. The minimum absolute atomic E-state index is 0.0402. The van der Waals surface area contributed by atoms with Crippen LogP contribution in [0.2, 0.25) is 0 Å². The summed E-state index contributed by atoms with van der Waals surface area (Å²) in [5, 5.41) is 12.4. The van der Waals surface area contributed by atoms with E-state index < -0.39 is 5.91 Å². The van der Waals surface area contributed by atoms with Gasteiger partial charge in [0.2, 0.25) is 0 Å². The zero-order chi connectivity index (χ0) is 28.3. The van der Waals surface area contributed by atoms with Crippen molar-refractivity contribution in [2.45, 2.75) is 20.1 Å². The second-order valence-electron chi connectivity index (χ2n) is 8.62. The van der Waals surface area contributed by atoms with Crippen LogP contribution >= 0.6 is 31.9 Å². The second-order valence-corrected chi connectivity index (χ2v) is 10.4. The third-order valence-corrected chi connectivity index (χ3v) is 6.74. The van der Waals surface area contributed by atoms with Gasteiger partial charge in [-0.05, 0) is 90.4 Å². The fourth-order valence-electron chi connectivity index (χ4n) is 3.64. The second kappa shape index (κ2) is 14.4. The van der Waals surface area contributed by atoms with Crippen LogP contribution in [0.1, 0.15) is 23.6 Å². The topological polar surface area (TPSA) is 80.6 Å². The molecule has 0 unspecified atom stereocenters. The Kier molecular flexibility index (Phi) is 10.4. The molecule has 6 nitrogen and oxygen atoms in total. The van der Waals surface area contributed by atoms with Gasteiger partial charge in [-0.1, -0.05) is 62.2 Å². The molecule has 0 atom stereocenters. The maximum absolute atomic E-state index is 12.8. The number of nitriles is 1. The number of rotatable bonds is 11. The lowest BCUT2D eigenvalue weighted by molar-refractivity contribution is -0.112. The van der Waals surface area contributed by atoms with E-state index >= 15 is 0 Å². The Bertz CT molecular complexity index is 1510. The lowest BCUT2D eigenvalue weighted by Crippen LogP contribution is -2.13. The van der Waals surface area contributed by atoms with E-state index in [1.165, 1.54) is 6.08 Å². The van der Waals surface area contributed by atoms with Crippen LogP contribution in [0.4, 0.5) is 5.69 Å². The number of hydrogen-bond donors (Lipinski definition) is 1. The highest BCUT2D eigenvalue weighted by Gasteiger charge is 2.12. The van der Waals surface area contributed by atoms with Crippen LogP contribution in [0.15, 0.2) is 106 Å². The molecule has 4 aromatic carbocycles. The van der Waals surface area contributed by atoms with Crippen molar-refractivity contribution in [2.75, 3.05) is 11.9 Å². The zero-order valence-electron chi connectivity index (χ0n) is 21.7. The maximum atomic E-state index is 12.8. The number of amides is 1. The van der Waals surface area contributed by atoms with E-state index in [1.807, 2.05) is 61.5 Å². The summed E-state index contributed by atoms with van der Waals surface area (Å²) in [5.41, 5.74) is 3.21. The smallest absolute Gasteiger partial charge is 0.266 e. The van der Waals surface area contributed by atoms with Gasteiger partial charge in [0.1, 0.15) is 30.6 Å². The SMILES string of the molecule is CCOc1cc(/C=C(\C#N)C(=O)Nc2ccc(OCc3ccc(Br)cc3)cc2)ccc1OCc1ccc(Br)cc1. The Morgan fingerprint density at radius 2 is 1.40 bits per heavy atom. The van der Waals surface area contributed by atoms with E-state index in [0.717, 1.165) is 20.1 Å². The number of halogens is 2. The minimum atomic E-state index is -0.514. The van der Waals surface area contributed by atoms with E-state index in [2.05, 4.69) is 37.2 Å². The molecule has 0 aromatic heterocycles. The molecule has 0 aliphatic carbocycles. The van der Waals surface area contributed by atoms with Crippen molar-refractivity contribution in [1.29, 1.82) is 5.26 Å². The number of anilines is 1. The minimum Gasteiger partial charge on any atom is -0.490 e. The van der Waals surface area contributed by atoms with Crippen LogP contribution in [0.3, 0.4) is 0 Å². The first-order chi connectivity index (χ1) is 19.4.